The summed E-state index contributed by atoms with van der Waals surface area (Å²) in [7, 11) is 0. The van der Waals surface area contributed by atoms with Crippen molar-refractivity contribution in [3.05, 3.63) is 48.2 Å². The van der Waals surface area contributed by atoms with Crippen molar-refractivity contribution >= 4 is 10.9 Å². The first-order chi connectivity index (χ1) is 10.4. The van der Waals surface area contributed by atoms with Crippen molar-refractivity contribution in [1.29, 1.82) is 0 Å². The lowest BCUT2D eigenvalue weighted by molar-refractivity contribution is 0.347. The van der Waals surface area contributed by atoms with Gasteiger partial charge in [-0.1, -0.05) is 12.1 Å². The predicted molar refractivity (Wildman–Crippen MR) is 81.8 cm³/mol. The van der Waals surface area contributed by atoms with Gasteiger partial charge in [-0.25, -0.2) is 4.98 Å². The Kier molecular flexibility index (Phi) is 3.20. The maximum atomic E-state index is 4.38. The van der Waals surface area contributed by atoms with E-state index >= 15 is 0 Å². The van der Waals surface area contributed by atoms with E-state index in [0.717, 1.165) is 31.6 Å². The minimum absolute atomic E-state index is 0.697. The summed E-state index contributed by atoms with van der Waals surface area (Å²) in [6.45, 7) is 3.04. The summed E-state index contributed by atoms with van der Waals surface area (Å²) in [4.78, 5) is 4.38. The maximum Gasteiger partial charge on any atom is 0.108 e. The summed E-state index contributed by atoms with van der Waals surface area (Å²) in [5, 5.41) is 11.8. The average molecular weight is 281 g/mol. The fraction of sp³-hybridized carbons (Fsp3) is 0.375. The summed E-state index contributed by atoms with van der Waals surface area (Å²) in [6, 6.07) is 6.46. The highest BCUT2D eigenvalue weighted by Gasteiger charge is 2.18. The molecule has 5 heteroatoms. The highest BCUT2D eigenvalue weighted by molar-refractivity contribution is 5.78. The standard InChI is InChI=1S/C16H19N5/c1-3-14-10-19-20-15(14)7-12(1)8-17-9-13-2-4-16-18-5-6-21(16)11-13/h1,3,5-7,10,13,17H,2,4,8-9,11H2,(H,19,20). The number of H-pyrrole nitrogens is 1. The number of fused-ring (bicyclic) bond motifs is 2. The monoisotopic (exact) mass is 281 g/mol. The lowest BCUT2D eigenvalue weighted by atomic mass is 9.99. The molecule has 108 valence electrons. The molecular weight excluding hydrogens is 262 g/mol. The van der Waals surface area contributed by atoms with Crippen LogP contribution in [0.2, 0.25) is 0 Å². The van der Waals surface area contributed by atoms with Gasteiger partial charge >= 0.3 is 0 Å². The molecule has 1 aliphatic rings. The largest absolute Gasteiger partial charge is 0.335 e. The van der Waals surface area contributed by atoms with Gasteiger partial charge in [0, 0.05) is 37.3 Å². The van der Waals surface area contributed by atoms with Crippen molar-refractivity contribution in [1.82, 2.24) is 25.1 Å². The lowest BCUT2D eigenvalue weighted by Gasteiger charge is -2.24. The third kappa shape index (κ3) is 2.56. The van der Waals surface area contributed by atoms with Crippen LogP contribution in [0, 0.1) is 5.92 Å². The van der Waals surface area contributed by atoms with Crippen LogP contribution in [-0.2, 0) is 19.5 Å². The van der Waals surface area contributed by atoms with Crippen LogP contribution < -0.4 is 5.32 Å². The normalized spacial score (nSPS) is 18.0. The van der Waals surface area contributed by atoms with Gasteiger partial charge in [0.1, 0.15) is 5.82 Å². The Morgan fingerprint density at radius 1 is 1.38 bits per heavy atom. The number of aryl methyl sites for hydroxylation is 1. The van der Waals surface area contributed by atoms with Crippen LogP contribution in [0.1, 0.15) is 17.8 Å². The van der Waals surface area contributed by atoms with Crippen LogP contribution >= 0.6 is 0 Å². The van der Waals surface area contributed by atoms with E-state index in [0.29, 0.717) is 5.92 Å². The summed E-state index contributed by atoms with van der Waals surface area (Å²) in [5.74, 6) is 1.93. The van der Waals surface area contributed by atoms with Crippen LogP contribution in [0.15, 0.2) is 36.8 Å². The fourth-order valence-electron chi connectivity index (χ4n) is 3.12. The third-order valence-corrected chi connectivity index (χ3v) is 4.30. The minimum atomic E-state index is 0.697. The number of aromatic nitrogens is 4. The van der Waals surface area contributed by atoms with E-state index in [-0.39, 0.29) is 0 Å². The van der Waals surface area contributed by atoms with Gasteiger partial charge in [-0.2, -0.15) is 5.10 Å². The Bertz CT molecular complexity index is 742. The lowest BCUT2D eigenvalue weighted by Crippen LogP contribution is -2.29. The first-order valence-corrected chi connectivity index (χ1v) is 7.51. The molecule has 5 nitrogen and oxygen atoms in total. The molecule has 0 spiro atoms. The molecule has 3 aromatic rings. The third-order valence-electron chi connectivity index (χ3n) is 4.30. The first-order valence-electron chi connectivity index (χ1n) is 7.51. The van der Waals surface area contributed by atoms with E-state index in [1.807, 2.05) is 12.4 Å². The zero-order valence-electron chi connectivity index (χ0n) is 11.9. The topological polar surface area (TPSA) is 58.5 Å². The number of rotatable bonds is 4. The molecule has 0 radical (unpaired) electrons. The van der Waals surface area contributed by atoms with Gasteiger partial charge < -0.3 is 9.88 Å². The first kappa shape index (κ1) is 12.6. The van der Waals surface area contributed by atoms with E-state index in [1.54, 1.807) is 0 Å². The van der Waals surface area contributed by atoms with Gasteiger partial charge in [0.25, 0.3) is 0 Å². The zero-order valence-corrected chi connectivity index (χ0v) is 11.9. The van der Waals surface area contributed by atoms with Crippen molar-refractivity contribution in [3.63, 3.8) is 0 Å². The summed E-state index contributed by atoms with van der Waals surface area (Å²) < 4.78 is 2.28. The predicted octanol–water partition coefficient (Wildman–Crippen LogP) is 2.11. The van der Waals surface area contributed by atoms with Crippen LogP contribution in [-0.4, -0.2) is 26.3 Å². The fourth-order valence-corrected chi connectivity index (χ4v) is 3.12. The van der Waals surface area contributed by atoms with Gasteiger partial charge in [0.15, 0.2) is 0 Å². The van der Waals surface area contributed by atoms with Crippen LogP contribution in [0.4, 0.5) is 0 Å². The molecule has 1 aromatic carbocycles. The SMILES string of the molecule is c1cn2c(n1)CCC(CNCc1ccc3cn[nH]c3c1)C2. The quantitative estimate of drug-likeness (QED) is 0.770. The molecule has 0 amide bonds. The van der Waals surface area contributed by atoms with E-state index in [1.165, 1.54) is 23.2 Å². The second-order valence-corrected chi connectivity index (χ2v) is 5.82. The highest BCUT2D eigenvalue weighted by Crippen LogP contribution is 2.18. The van der Waals surface area contributed by atoms with Gasteiger partial charge in [0.05, 0.1) is 11.7 Å². The second-order valence-electron chi connectivity index (χ2n) is 5.82. The highest BCUT2D eigenvalue weighted by atomic mass is 15.1. The van der Waals surface area contributed by atoms with E-state index < -0.39 is 0 Å². The minimum Gasteiger partial charge on any atom is -0.335 e. The number of aromatic amines is 1. The molecule has 21 heavy (non-hydrogen) atoms. The molecule has 1 atom stereocenters. The number of benzene rings is 1. The summed E-state index contributed by atoms with van der Waals surface area (Å²) in [5.41, 5.74) is 2.40. The van der Waals surface area contributed by atoms with E-state index in [4.69, 9.17) is 0 Å². The average Bonchev–Trinajstić information content (AvgIpc) is 3.14. The Hall–Kier alpha value is -2.14. The Balaban J connectivity index is 1.33. The summed E-state index contributed by atoms with van der Waals surface area (Å²) >= 11 is 0. The Labute approximate surface area is 123 Å². The van der Waals surface area contributed by atoms with Crippen molar-refractivity contribution in [2.75, 3.05) is 6.54 Å². The number of nitrogens with zero attached hydrogens (tertiary/aromatic N) is 3. The molecule has 1 unspecified atom stereocenters. The van der Waals surface area contributed by atoms with Gasteiger partial charge in [-0.15, -0.1) is 0 Å². The second kappa shape index (κ2) is 5.33. The number of nitrogens with one attached hydrogen (secondary N) is 2. The molecular formula is C16H19N5. The van der Waals surface area contributed by atoms with Crippen LogP contribution in [0.5, 0.6) is 0 Å². The molecule has 2 N–H and O–H groups in total. The molecule has 0 fully saturated rings. The van der Waals surface area contributed by atoms with E-state index in [9.17, 15) is 0 Å². The van der Waals surface area contributed by atoms with Crippen LogP contribution in [0.25, 0.3) is 10.9 Å². The molecule has 4 rings (SSSR count). The Morgan fingerprint density at radius 3 is 3.38 bits per heavy atom. The number of imidazole rings is 1. The number of hydrogen-bond donors (Lipinski definition) is 2. The smallest absolute Gasteiger partial charge is 0.108 e. The summed E-state index contributed by atoms with van der Waals surface area (Å²) in [6.07, 6.45) is 8.18. The van der Waals surface area contributed by atoms with Crippen molar-refractivity contribution < 1.29 is 0 Å². The zero-order chi connectivity index (χ0) is 14.1. The van der Waals surface area contributed by atoms with Gasteiger partial charge in [-0.05, 0) is 30.5 Å². The molecule has 3 heterocycles. The van der Waals surface area contributed by atoms with E-state index in [2.05, 4.69) is 49.5 Å². The molecule has 0 aliphatic carbocycles. The van der Waals surface area contributed by atoms with Crippen LogP contribution in [0.3, 0.4) is 0 Å². The molecule has 2 aromatic heterocycles. The van der Waals surface area contributed by atoms with Crippen molar-refractivity contribution in [2.45, 2.75) is 25.9 Å². The molecule has 0 saturated heterocycles. The van der Waals surface area contributed by atoms with Crippen molar-refractivity contribution in [3.8, 4) is 0 Å². The molecule has 1 aliphatic heterocycles. The Morgan fingerprint density at radius 2 is 2.38 bits per heavy atom. The van der Waals surface area contributed by atoms with Gasteiger partial charge in [-0.3, -0.25) is 5.10 Å². The number of hydrogen-bond acceptors (Lipinski definition) is 3. The van der Waals surface area contributed by atoms with Crippen molar-refractivity contribution in [2.24, 2.45) is 5.92 Å². The van der Waals surface area contributed by atoms with Gasteiger partial charge in [0.2, 0.25) is 0 Å². The maximum absolute atomic E-state index is 4.38. The molecule has 0 saturated carbocycles. The molecule has 0 bridgehead atoms.